The molecule has 1 saturated heterocycles. The summed E-state index contributed by atoms with van der Waals surface area (Å²) in [6.07, 6.45) is 4.41. The van der Waals surface area contributed by atoms with Crippen LogP contribution in [0, 0.1) is 0 Å². The lowest BCUT2D eigenvalue weighted by Gasteiger charge is -2.35. The van der Waals surface area contributed by atoms with Gasteiger partial charge in [-0.15, -0.1) is 0 Å². The van der Waals surface area contributed by atoms with E-state index in [0.29, 0.717) is 16.5 Å². The average molecular weight is 365 g/mol. The molecule has 94 valence electrons. The monoisotopic (exact) mass is 363 g/mol. The minimum Gasteiger partial charge on any atom is -0.444 e. The number of hydrogen-bond donors (Lipinski definition) is 0. The molecule has 0 bridgehead atoms. The third-order valence-corrected chi connectivity index (χ3v) is 4.00. The minimum absolute atomic E-state index is 0.0151. The zero-order valence-electron chi connectivity index (χ0n) is 9.49. The zero-order valence-corrected chi connectivity index (χ0v) is 12.7. The molecule has 1 aromatic rings. The van der Waals surface area contributed by atoms with E-state index in [1.165, 1.54) is 6.42 Å². The molecule has 0 saturated carbocycles. The molecule has 1 aliphatic rings. The molecule has 17 heavy (non-hydrogen) atoms. The summed E-state index contributed by atoms with van der Waals surface area (Å²) >= 11 is 6.68. The molecule has 0 aromatic carbocycles. The molecular weight excluding hydrogens is 350 g/mol. The summed E-state index contributed by atoms with van der Waals surface area (Å²) < 4.78 is 5.95. The Kier molecular flexibility index (Phi) is 4.68. The van der Waals surface area contributed by atoms with Gasteiger partial charge in [-0.3, -0.25) is 4.79 Å². The van der Waals surface area contributed by atoms with Crippen LogP contribution in [-0.2, 0) is 0 Å². The van der Waals surface area contributed by atoms with Crippen LogP contribution in [0.25, 0.3) is 0 Å². The summed E-state index contributed by atoms with van der Waals surface area (Å²) in [7, 11) is 0. The Labute approximate surface area is 118 Å². The predicted octanol–water partition coefficient (Wildman–Crippen LogP) is 3.82. The van der Waals surface area contributed by atoms with Crippen molar-refractivity contribution in [3.8, 4) is 0 Å². The van der Waals surface area contributed by atoms with E-state index in [2.05, 4.69) is 31.9 Å². The van der Waals surface area contributed by atoms with Gasteiger partial charge < -0.3 is 9.32 Å². The summed E-state index contributed by atoms with van der Waals surface area (Å²) in [4.78, 5) is 14.2. The van der Waals surface area contributed by atoms with E-state index in [4.69, 9.17) is 4.42 Å². The number of carbonyl (C=O) groups excluding carboxylic acids is 1. The van der Waals surface area contributed by atoms with Gasteiger partial charge in [-0.2, -0.15) is 0 Å². The molecule has 5 heteroatoms. The molecule has 0 radical (unpaired) electrons. The number of likely N-dealkylation sites (tertiary alicyclic amines) is 1. The van der Waals surface area contributed by atoms with Gasteiger partial charge in [0.15, 0.2) is 10.4 Å². The Bertz CT molecular complexity index is 390. The first-order valence-corrected chi connectivity index (χ1v) is 7.76. The van der Waals surface area contributed by atoms with Crippen molar-refractivity contribution in [2.75, 3.05) is 11.9 Å². The van der Waals surface area contributed by atoms with Crippen LogP contribution in [0.4, 0.5) is 0 Å². The number of piperidine rings is 1. The first-order valence-electron chi connectivity index (χ1n) is 5.84. The first-order chi connectivity index (χ1) is 8.22. The van der Waals surface area contributed by atoms with Crippen molar-refractivity contribution in [1.29, 1.82) is 0 Å². The van der Waals surface area contributed by atoms with Crippen molar-refractivity contribution in [3.05, 3.63) is 22.6 Å². The Balaban J connectivity index is 2.10. The fourth-order valence-electron chi connectivity index (χ4n) is 2.26. The second-order valence-corrected chi connectivity index (χ2v) is 5.80. The summed E-state index contributed by atoms with van der Waals surface area (Å²) in [5.41, 5.74) is 0. The first kappa shape index (κ1) is 13.1. The van der Waals surface area contributed by atoms with Gasteiger partial charge in [-0.25, -0.2) is 0 Å². The number of halogens is 2. The van der Waals surface area contributed by atoms with Crippen LogP contribution in [0.3, 0.4) is 0 Å². The van der Waals surface area contributed by atoms with Gasteiger partial charge >= 0.3 is 0 Å². The summed E-state index contributed by atoms with van der Waals surface area (Å²) in [5.74, 6) is 0.444. The highest BCUT2D eigenvalue weighted by molar-refractivity contribution is 9.10. The Morgan fingerprint density at radius 2 is 2.29 bits per heavy atom. The van der Waals surface area contributed by atoms with Gasteiger partial charge in [0.25, 0.3) is 5.91 Å². The van der Waals surface area contributed by atoms with Gasteiger partial charge in [-0.1, -0.05) is 15.9 Å². The average Bonchev–Trinajstić information content (AvgIpc) is 2.76. The lowest BCUT2D eigenvalue weighted by atomic mass is 10.00. The van der Waals surface area contributed by atoms with E-state index in [1.807, 2.05) is 4.90 Å². The maximum absolute atomic E-state index is 12.3. The number of alkyl halides is 1. The summed E-state index contributed by atoms with van der Waals surface area (Å²) in [6.45, 7) is 0.842. The van der Waals surface area contributed by atoms with E-state index in [0.717, 1.165) is 31.1 Å². The maximum Gasteiger partial charge on any atom is 0.289 e. The highest BCUT2D eigenvalue weighted by atomic mass is 79.9. The number of nitrogens with zero attached hydrogens (tertiary/aromatic N) is 1. The van der Waals surface area contributed by atoms with Crippen LogP contribution in [0.2, 0.25) is 0 Å². The smallest absolute Gasteiger partial charge is 0.289 e. The van der Waals surface area contributed by atoms with E-state index >= 15 is 0 Å². The second-order valence-electron chi connectivity index (χ2n) is 4.23. The number of hydrogen-bond acceptors (Lipinski definition) is 2. The van der Waals surface area contributed by atoms with Crippen LogP contribution < -0.4 is 0 Å². The van der Waals surface area contributed by atoms with Gasteiger partial charge in [0.05, 0.1) is 0 Å². The predicted molar refractivity (Wildman–Crippen MR) is 73.5 cm³/mol. The summed E-state index contributed by atoms with van der Waals surface area (Å²) in [5, 5.41) is 0.934. The molecule has 0 N–H and O–H groups in total. The molecule has 1 aliphatic heterocycles. The lowest BCUT2D eigenvalue weighted by Crippen LogP contribution is -2.43. The topological polar surface area (TPSA) is 33.5 Å². The largest absolute Gasteiger partial charge is 0.444 e. The fourth-order valence-corrected chi connectivity index (χ4v) is 3.10. The molecule has 1 atom stereocenters. The van der Waals surface area contributed by atoms with E-state index in [-0.39, 0.29) is 5.91 Å². The molecule has 1 aromatic heterocycles. The molecule has 1 fully saturated rings. The minimum atomic E-state index is 0.0151. The molecule has 1 amide bonds. The highest BCUT2D eigenvalue weighted by Crippen LogP contribution is 2.24. The van der Waals surface area contributed by atoms with Crippen molar-refractivity contribution >= 4 is 37.8 Å². The van der Waals surface area contributed by atoms with Gasteiger partial charge in [0, 0.05) is 17.9 Å². The third kappa shape index (κ3) is 3.13. The number of carbonyl (C=O) groups is 1. The Morgan fingerprint density at radius 1 is 1.47 bits per heavy atom. The molecule has 0 aliphatic carbocycles. The number of rotatable bonds is 3. The lowest BCUT2D eigenvalue weighted by molar-refractivity contribution is 0.0576. The van der Waals surface area contributed by atoms with Gasteiger partial charge in [-0.05, 0) is 53.7 Å². The third-order valence-electron chi connectivity index (χ3n) is 3.11. The van der Waals surface area contributed by atoms with Crippen molar-refractivity contribution in [1.82, 2.24) is 4.90 Å². The van der Waals surface area contributed by atoms with Crippen LogP contribution in [0.5, 0.6) is 0 Å². The normalized spacial score (nSPS) is 20.6. The van der Waals surface area contributed by atoms with E-state index in [9.17, 15) is 4.79 Å². The molecular formula is C12H15Br2NO2. The molecule has 1 unspecified atom stereocenters. The van der Waals surface area contributed by atoms with Crippen molar-refractivity contribution in [2.24, 2.45) is 0 Å². The van der Waals surface area contributed by atoms with Crippen molar-refractivity contribution < 1.29 is 9.21 Å². The standard InChI is InChI=1S/C12H15Br2NO2/c13-7-6-9-3-1-2-8-15(9)12(16)10-4-5-11(14)17-10/h4-5,9H,1-3,6-8H2. The molecule has 0 spiro atoms. The van der Waals surface area contributed by atoms with Gasteiger partial charge in [0.1, 0.15) is 0 Å². The Morgan fingerprint density at radius 3 is 2.94 bits per heavy atom. The van der Waals surface area contributed by atoms with Crippen LogP contribution >= 0.6 is 31.9 Å². The molecule has 3 nitrogen and oxygen atoms in total. The van der Waals surface area contributed by atoms with Crippen LogP contribution in [0.15, 0.2) is 21.2 Å². The van der Waals surface area contributed by atoms with E-state index < -0.39 is 0 Å². The summed E-state index contributed by atoms with van der Waals surface area (Å²) in [6, 6.07) is 3.84. The van der Waals surface area contributed by atoms with Crippen molar-refractivity contribution in [2.45, 2.75) is 31.7 Å². The fraction of sp³-hybridized carbons (Fsp3) is 0.583. The number of furan rings is 1. The second kappa shape index (κ2) is 6.05. The molecule has 2 heterocycles. The molecule has 2 rings (SSSR count). The van der Waals surface area contributed by atoms with Crippen LogP contribution in [0.1, 0.15) is 36.2 Å². The van der Waals surface area contributed by atoms with Gasteiger partial charge in [0.2, 0.25) is 0 Å². The maximum atomic E-state index is 12.3. The number of amides is 1. The quantitative estimate of drug-likeness (QED) is 0.764. The zero-order chi connectivity index (χ0) is 12.3. The Hall–Kier alpha value is -0.290. The highest BCUT2D eigenvalue weighted by Gasteiger charge is 2.28. The van der Waals surface area contributed by atoms with Crippen LogP contribution in [-0.4, -0.2) is 28.7 Å². The van der Waals surface area contributed by atoms with E-state index in [1.54, 1.807) is 12.1 Å². The SMILES string of the molecule is O=C(c1ccc(Br)o1)N1CCCCC1CCBr. The van der Waals surface area contributed by atoms with Crippen molar-refractivity contribution in [3.63, 3.8) is 0 Å².